The predicted octanol–water partition coefficient (Wildman–Crippen LogP) is 4.26. The number of alkyl carbamates (subject to hydrolysis) is 1. The molecule has 0 unspecified atom stereocenters. The SMILES string of the molecule is CS(=O)(=O)CCSCNC(=O)OCCc1c(-c2ccc(F)cc2)[nH]c2c(F)cc(F)cc12. The average molecular weight is 487 g/mol. The molecule has 0 aliphatic carbocycles. The first-order valence-corrected chi connectivity index (χ1v) is 12.8. The van der Waals surface area contributed by atoms with Crippen LogP contribution in [0.2, 0.25) is 0 Å². The number of thioether (sulfide) groups is 1. The van der Waals surface area contributed by atoms with Crippen molar-refractivity contribution in [1.29, 1.82) is 0 Å². The summed E-state index contributed by atoms with van der Waals surface area (Å²) >= 11 is 1.24. The summed E-state index contributed by atoms with van der Waals surface area (Å²) < 4.78 is 68.7. The molecule has 0 atom stereocenters. The van der Waals surface area contributed by atoms with Gasteiger partial charge in [0.2, 0.25) is 0 Å². The van der Waals surface area contributed by atoms with Crippen molar-refractivity contribution in [2.45, 2.75) is 6.42 Å². The average Bonchev–Trinajstić information content (AvgIpc) is 3.06. The van der Waals surface area contributed by atoms with Crippen molar-refractivity contribution in [3.63, 3.8) is 0 Å². The number of H-pyrrole nitrogens is 1. The Morgan fingerprint density at radius 3 is 2.53 bits per heavy atom. The summed E-state index contributed by atoms with van der Waals surface area (Å²) in [7, 11) is -3.06. The molecule has 0 fully saturated rings. The van der Waals surface area contributed by atoms with Crippen LogP contribution in [0.5, 0.6) is 0 Å². The number of rotatable bonds is 9. The van der Waals surface area contributed by atoms with E-state index in [9.17, 15) is 26.4 Å². The zero-order valence-electron chi connectivity index (χ0n) is 17.1. The van der Waals surface area contributed by atoms with Crippen molar-refractivity contribution in [2.75, 3.05) is 30.2 Å². The molecule has 172 valence electrons. The second-order valence-electron chi connectivity index (χ2n) is 7.04. The molecule has 6 nitrogen and oxygen atoms in total. The third-order valence-corrected chi connectivity index (χ3v) is 6.61. The Morgan fingerprint density at radius 2 is 1.84 bits per heavy atom. The Hall–Kier alpha value is -2.66. The van der Waals surface area contributed by atoms with E-state index in [0.29, 0.717) is 28.0 Å². The lowest BCUT2D eigenvalue weighted by Gasteiger charge is -2.08. The van der Waals surface area contributed by atoms with Gasteiger partial charge in [-0.2, -0.15) is 0 Å². The predicted molar refractivity (Wildman–Crippen MR) is 119 cm³/mol. The Bertz CT molecular complexity index is 1210. The highest BCUT2D eigenvalue weighted by atomic mass is 32.2. The van der Waals surface area contributed by atoms with Gasteiger partial charge in [0, 0.05) is 35.6 Å². The number of aromatic amines is 1. The van der Waals surface area contributed by atoms with E-state index < -0.39 is 33.4 Å². The minimum absolute atomic E-state index is 0.00817. The van der Waals surface area contributed by atoms with Gasteiger partial charge in [-0.15, -0.1) is 11.8 Å². The monoisotopic (exact) mass is 486 g/mol. The van der Waals surface area contributed by atoms with Crippen molar-refractivity contribution in [2.24, 2.45) is 0 Å². The molecular weight excluding hydrogens is 465 g/mol. The Balaban J connectivity index is 1.67. The molecule has 0 radical (unpaired) electrons. The fraction of sp³-hybridized carbons (Fsp3) is 0.286. The fourth-order valence-corrected chi connectivity index (χ4v) is 5.13. The summed E-state index contributed by atoms with van der Waals surface area (Å²) in [5, 5.41) is 2.80. The topological polar surface area (TPSA) is 88.3 Å². The summed E-state index contributed by atoms with van der Waals surface area (Å²) in [5.74, 6) is -1.41. The summed E-state index contributed by atoms with van der Waals surface area (Å²) in [4.78, 5) is 14.8. The van der Waals surface area contributed by atoms with Gasteiger partial charge in [0.1, 0.15) is 27.3 Å². The number of benzene rings is 2. The van der Waals surface area contributed by atoms with Gasteiger partial charge in [0.25, 0.3) is 0 Å². The van der Waals surface area contributed by atoms with Crippen LogP contribution in [-0.2, 0) is 21.0 Å². The third-order valence-electron chi connectivity index (χ3n) is 4.57. The molecule has 3 rings (SSSR count). The maximum Gasteiger partial charge on any atom is 0.407 e. The molecule has 0 spiro atoms. The van der Waals surface area contributed by atoms with E-state index in [0.717, 1.165) is 12.3 Å². The van der Waals surface area contributed by atoms with E-state index >= 15 is 0 Å². The standard InChI is InChI=1S/C21H21F3N2O4S2/c1-32(28,29)9-8-31-12-25-21(27)30-7-6-16-17-10-15(23)11-18(24)20(17)26-19(16)13-2-4-14(22)5-3-13/h2-5,10-11,26H,6-9,12H2,1H3,(H,25,27). The fourth-order valence-electron chi connectivity index (χ4n) is 3.09. The maximum absolute atomic E-state index is 14.3. The quantitative estimate of drug-likeness (QED) is 0.349. The van der Waals surface area contributed by atoms with Gasteiger partial charge < -0.3 is 15.0 Å². The second kappa shape index (κ2) is 10.3. The zero-order valence-corrected chi connectivity index (χ0v) is 18.7. The molecule has 1 aromatic heterocycles. The highest BCUT2D eigenvalue weighted by molar-refractivity contribution is 8.00. The van der Waals surface area contributed by atoms with E-state index in [-0.39, 0.29) is 30.2 Å². The first kappa shape index (κ1) is 24.0. The van der Waals surface area contributed by atoms with E-state index in [4.69, 9.17) is 4.74 Å². The molecule has 1 heterocycles. The van der Waals surface area contributed by atoms with Gasteiger partial charge in [0.15, 0.2) is 0 Å². The van der Waals surface area contributed by atoms with Crippen LogP contribution in [0.1, 0.15) is 5.56 Å². The van der Waals surface area contributed by atoms with Crippen molar-refractivity contribution >= 4 is 38.6 Å². The van der Waals surface area contributed by atoms with Crippen LogP contribution in [0.15, 0.2) is 36.4 Å². The lowest BCUT2D eigenvalue weighted by Crippen LogP contribution is -2.25. The molecule has 3 aromatic rings. The van der Waals surface area contributed by atoms with E-state index in [1.165, 1.54) is 42.1 Å². The molecule has 1 amide bonds. The third kappa shape index (κ3) is 6.42. The highest BCUT2D eigenvalue weighted by Crippen LogP contribution is 2.33. The van der Waals surface area contributed by atoms with Crippen molar-refractivity contribution in [3.8, 4) is 11.3 Å². The molecular formula is C21H21F3N2O4S2. The van der Waals surface area contributed by atoms with Gasteiger partial charge in [-0.1, -0.05) is 0 Å². The number of hydrogen-bond donors (Lipinski definition) is 2. The summed E-state index contributed by atoms with van der Waals surface area (Å²) in [6, 6.07) is 7.50. The number of fused-ring (bicyclic) bond motifs is 1. The number of amides is 1. The lowest BCUT2D eigenvalue weighted by atomic mass is 10.0. The van der Waals surface area contributed by atoms with Crippen molar-refractivity contribution < 1.29 is 31.1 Å². The molecule has 2 N–H and O–H groups in total. The largest absolute Gasteiger partial charge is 0.449 e. The molecule has 11 heteroatoms. The van der Waals surface area contributed by atoms with Gasteiger partial charge in [-0.3, -0.25) is 0 Å². The second-order valence-corrected chi connectivity index (χ2v) is 10.4. The Morgan fingerprint density at radius 1 is 1.12 bits per heavy atom. The zero-order chi connectivity index (χ0) is 23.3. The minimum atomic E-state index is -3.06. The highest BCUT2D eigenvalue weighted by Gasteiger charge is 2.18. The number of nitrogens with one attached hydrogen (secondary N) is 2. The first-order valence-electron chi connectivity index (χ1n) is 9.55. The van der Waals surface area contributed by atoms with Gasteiger partial charge in [-0.25, -0.2) is 26.4 Å². The van der Waals surface area contributed by atoms with Gasteiger partial charge in [0.05, 0.1) is 23.8 Å². The summed E-state index contributed by atoms with van der Waals surface area (Å²) in [6.45, 7) is -0.0703. The van der Waals surface area contributed by atoms with Crippen LogP contribution in [0.25, 0.3) is 22.2 Å². The summed E-state index contributed by atoms with van der Waals surface area (Å²) in [5.41, 5.74) is 1.68. The molecule has 0 saturated carbocycles. The van der Waals surface area contributed by atoms with Crippen LogP contribution < -0.4 is 5.32 Å². The molecule has 32 heavy (non-hydrogen) atoms. The Kier molecular flexibility index (Phi) is 7.73. The van der Waals surface area contributed by atoms with Crippen molar-refractivity contribution in [1.82, 2.24) is 10.3 Å². The Labute approximate surface area is 187 Å². The number of carbonyl (C=O) groups excluding carboxylic acids is 1. The number of sulfone groups is 1. The normalized spacial score (nSPS) is 11.6. The number of halogens is 3. The molecule has 0 saturated heterocycles. The van der Waals surface area contributed by atoms with E-state index in [1.54, 1.807) is 0 Å². The van der Waals surface area contributed by atoms with Crippen LogP contribution in [0.3, 0.4) is 0 Å². The van der Waals surface area contributed by atoms with Crippen LogP contribution in [0, 0.1) is 17.5 Å². The summed E-state index contributed by atoms with van der Waals surface area (Å²) in [6.07, 6.45) is 0.597. The molecule has 0 bridgehead atoms. The van der Waals surface area contributed by atoms with E-state index in [2.05, 4.69) is 10.3 Å². The van der Waals surface area contributed by atoms with Crippen LogP contribution in [-0.4, -0.2) is 49.7 Å². The number of carbonyl (C=O) groups is 1. The van der Waals surface area contributed by atoms with Crippen LogP contribution in [0.4, 0.5) is 18.0 Å². The molecule has 2 aromatic carbocycles. The minimum Gasteiger partial charge on any atom is -0.449 e. The van der Waals surface area contributed by atoms with Gasteiger partial charge in [-0.05, 0) is 41.5 Å². The van der Waals surface area contributed by atoms with E-state index in [1.807, 2.05) is 0 Å². The van der Waals surface area contributed by atoms with Gasteiger partial charge >= 0.3 is 6.09 Å². The molecule has 0 aliphatic rings. The van der Waals surface area contributed by atoms with Crippen molar-refractivity contribution in [3.05, 3.63) is 59.4 Å². The first-order chi connectivity index (χ1) is 15.1. The number of aromatic nitrogens is 1. The lowest BCUT2D eigenvalue weighted by molar-refractivity contribution is 0.149. The van der Waals surface area contributed by atoms with Crippen LogP contribution >= 0.6 is 11.8 Å². The maximum atomic E-state index is 14.3. The number of hydrogen-bond acceptors (Lipinski definition) is 5. The molecule has 0 aliphatic heterocycles. The smallest absolute Gasteiger partial charge is 0.407 e. The number of ether oxygens (including phenoxy) is 1.